The van der Waals surface area contributed by atoms with Crippen LogP contribution in [0.15, 0.2) is 42.7 Å². The van der Waals surface area contributed by atoms with Crippen LogP contribution in [0.4, 0.5) is 5.69 Å². The number of anilines is 1. The molecule has 2 N–H and O–H groups in total. The van der Waals surface area contributed by atoms with Crippen LogP contribution in [0.2, 0.25) is 0 Å². The smallest absolute Gasteiger partial charge is 0.0647 e. The van der Waals surface area contributed by atoms with Gasteiger partial charge in [0.1, 0.15) is 0 Å². The highest BCUT2D eigenvalue weighted by Crippen LogP contribution is 2.21. The van der Waals surface area contributed by atoms with Crippen LogP contribution >= 0.6 is 0 Å². The summed E-state index contributed by atoms with van der Waals surface area (Å²) in [5.74, 6) is 0. The van der Waals surface area contributed by atoms with Gasteiger partial charge in [-0.2, -0.15) is 5.10 Å². The third-order valence-electron chi connectivity index (χ3n) is 4.99. The Balaban J connectivity index is 0.000000203. The van der Waals surface area contributed by atoms with Gasteiger partial charge in [0.2, 0.25) is 0 Å². The van der Waals surface area contributed by atoms with Crippen molar-refractivity contribution in [3.05, 3.63) is 42.7 Å². The van der Waals surface area contributed by atoms with E-state index in [0.717, 1.165) is 5.69 Å². The minimum atomic E-state index is 0.536. The van der Waals surface area contributed by atoms with Crippen LogP contribution < -0.4 is 10.6 Å². The molecule has 24 heavy (non-hydrogen) atoms. The lowest BCUT2D eigenvalue weighted by atomic mass is 9.97. The number of rotatable bonds is 2. The van der Waals surface area contributed by atoms with E-state index in [-0.39, 0.29) is 0 Å². The molecule has 1 aliphatic carbocycles. The molecule has 0 atom stereocenters. The van der Waals surface area contributed by atoms with Crippen LogP contribution in [0.5, 0.6) is 0 Å². The molecule has 130 valence electrons. The lowest BCUT2D eigenvalue weighted by molar-refractivity contribution is 0.441. The molecule has 1 aliphatic heterocycles. The van der Waals surface area contributed by atoms with Gasteiger partial charge in [-0.15, -0.1) is 0 Å². The lowest BCUT2D eigenvalue weighted by Crippen LogP contribution is -2.29. The van der Waals surface area contributed by atoms with Crippen molar-refractivity contribution in [3.63, 3.8) is 0 Å². The first kappa shape index (κ1) is 17.0. The Bertz CT molecular complexity index is 564. The molecular weight excluding hydrogens is 296 g/mol. The van der Waals surface area contributed by atoms with Crippen molar-refractivity contribution in [2.75, 3.05) is 18.0 Å². The van der Waals surface area contributed by atoms with E-state index in [2.05, 4.69) is 34.3 Å². The Morgan fingerprint density at radius 3 is 2.00 bits per heavy atom. The molecule has 4 nitrogen and oxygen atoms in total. The first-order valence-corrected chi connectivity index (χ1v) is 9.43. The maximum Gasteiger partial charge on any atom is 0.0647 e. The van der Waals surface area contributed by atoms with Crippen LogP contribution in [0.3, 0.4) is 0 Å². The average molecular weight is 326 g/mol. The molecule has 2 heterocycles. The molecule has 0 radical (unpaired) electrons. The molecule has 1 saturated heterocycles. The number of piperidine rings is 1. The van der Waals surface area contributed by atoms with Crippen LogP contribution in [-0.2, 0) is 0 Å². The molecule has 0 amide bonds. The third kappa shape index (κ3) is 4.84. The van der Waals surface area contributed by atoms with Crippen molar-refractivity contribution in [2.24, 2.45) is 5.73 Å². The SMILES string of the molecule is NC1CCCCC1.c1cnn(-c2ccc(N3CCCCC3)cc2)c1. The maximum atomic E-state index is 5.63. The summed E-state index contributed by atoms with van der Waals surface area (Å²) in [6.07, 6.45) is 14.5. The fourth-order valence-corrected chi connectivity index (χ4v) is 3.52. The number of hydrogen-bond acceptors (Lipinski definition) is 3. The van der Waals surface area contributed by atoms with Gasteiger partial charge in [-0.1, -0.05) is 19.3 Å². The van der Waals surface area contributed by atoms with Gasteiger partial charge in [0.25, 0.3) is 0 Å². The van der Waals surface area contributed by atoms with E-state index in [0.29, 0.717) is 6.04 Å². The quantitative estimate of drug-likeness (QED) is 0.902. The van der Waals surface area contributed by atoms with Crippen molar-refractivity contribution in [2.45, 2.75) is 57.4 Å². The lowest BCUT2D eigenvalue weighted by Gasteiger charge is -2.28. The Labute approximate surface area is 145 Å². The summed E-state index contributed by atoms with van der Waals surface area (Å²) in [5.41, 5.74) is 8.09. The van der Waals surface area contributed by atoms with Gasteiger partial charge in [-0.3, -0.25) is 0 Å². The monoisotopic (exact) mass is 326 g/mol. The highest BCUT2D eigenvalue weighted by Gasteiger charge is 2.10. The highest BCUT2D eigenvalue weighted by molar-refractivity contribution is 5.50. The molecule has 1 aromatic carbocycles. The van der Waals surface area contributed by atoms with Crippen LogP contribution in [0, 0.1) is 0 Å². The molecule has 2 fully saturated rings. The summed E-state index contributed by atoms with van der Waals surface area (Å²) in [6.45, 7) is 2.39. The van der Waals surface area contributed by atoms with Gasteiger partial charge in [-0.05, 0) is 62.4 Å². The minimum absolute atomic E-state index is 0.536. The summed E-state index contributed by atoms with van der Waals surface area (Å²) in [5, 5.41) is 4.23. The molecule has 1 saturated carbocycles. The fraction of sp³-hybridized carbons (Fsp3) is 0.550. The van der Waals surface area contributed by atoms with Crippen molar-refractivity contribution in [1.82, 2.24) is 9.78 Å². The zero-order chi connectivity index (χ0) is 16.6. The maximum absolute atomic E-state index is 5.63. The molecule has 0 bridgehead atoms. The number of aromatic nitrogens is 2. The molecule has 2 aliphatic rings. The number of hydrogen-bond donors (Lipinski definition) is 1. The average Bonchev–Trinajstić information content (AvgIpc) is 3.19. The normalized spacial score (nSPS) is 18.8. The molecule has 0 unspecified atom stereocenters. The summed E-state index contributed by atoms with van der Waals surface area (Å²) >= 11 is 0. The second-order valence-electron chi connectivity index (χ2n) is 6.91. The topological polar surface area (TPSA) is 47.1 Å². The van der Waals surface area contributed by atoms with E-state index >= 15 is 0 Å². The molecule has 0 spiro atoms. The van der Waals surface area contributed by atoms with Gasteiger partial charge in [-0.25, -0.2) is 4.68 Å². The highest BCUT2D eigenvalue weighted by atomic mass is 15.3. The van der Waals surface area contributed by atoms with Crippen molar-refractivity contribution in [3.8, 4) is 5.69 Å². The summed E-state index contributed by atoms with van der Waals surface area (Å²) < 4.78 is 1.89. The molecule has 1 aromatic heterocycles. The van der Waals surface area contributed by atoms with Gasteiger partial charge in [0, 0.05) is 37.2 Å². The van der Waals surface area contributed by atoms with E-state index in [1.165, 1.54) is 70.1 Å². The van der Waals surface area contributed by atoms with Crippen molar-refractivity contribution >= 4 is 5.69 Å². The van der Waals surface area contributed by atoms with Crippen molar-refractivity contribution < 1.29 is 0 Å². The van der Waals surface area contributed by atoms with Gasteiger partial charge in [0.15, 0.2) is 0 Å². The number of benzene rings is 1. The minimum Gasteiger partial charge on any atom is -0.372 e. The van der Waals surface area contributed by atoms with Crippen LogP contribution in [0.1, 0.15) is 51.4 Å². The van der Waals surface area contributed by atoms with E-state index in [1.54, 1.807) is 6.20 Å². The second-order valence-corrected chi connectivity index (χ2v) is 6.91. The Morgan fingerprint density at radius 1 is 0.833 bits per heavy atom. The standard InChI is InChI=1S/C14H17N3.C6H13N/c1-2-10-16(11-3-1)13-5-7-14(8-6-13)17-12-4-9-15-17;7-6-4-2-1-3-5-6/h4-9,12H,1-3,10-11H2;6H,1-5,7H2. The van der Waals surface area contributed by atoms with Crippen LogP contribution in [0.25, 0.3) is 5.69 Å². The van der Waals surface area contributed by atoms with E-state index in [1.807, 2.05) is 16.9 Å². The third-order valence-corrected chi connectivity index (χ3v) is 4.99. The Hall–Kier alpha value is -1.81. The molecule has 2 aromatic rings. The summed E-state index contributed by atoms with van der Waals surface area (Å²) in [6, 6.07) is 11.1. The summed E-state index contributed by atoms with van der Waals surface area (Å²) in [4.78, 5) is 2.47. The largest absolute Gasteiger partial charge is 0.372 e. The Kier molecular flexibility index (Phi) is 6.30. The molecular formula is C20H30N4. The van der Waals surface area contributed by atoms with E-state index in [9.17, 15) is 0 Å². The predicted molar refractivity (Wildman–Crippen MR) is 101 cm³/mol. The molecule has 4 rings (SSSR count). The first-order valence-electron chi connectivity index (χ1n) is 9.43. The second kappa shape index (κ2) is 8.88. The fourth-order valence-electron chi connectivity index (χ4n) is 3.52. The van der Waals surface area contributed by atoms with Crippen LogP contribution in [-0.4, -0.2) is 28.9 Å². The summed E-state index contributed by atoms with van der Waals surface area (Å²) in [7, 11) is 0. The number of nitrogens with zero attached hydrogens (tertiary/aromatic N) is 3. The Morgan fingerprint density at radius 2 is 1.46 bits per heavy atom. The van der Waals surface area contributed by atoms with Crippen molar-refractivity contribution in [1.29, 1.82) is 0 Å². The van der Waals surface area contributed by atoms with Gasteiger partial charge in [0.05, 0.1) is 5.69 Å². The van der Waals surface area contributed by atoms with Gasteiger partial charge >= 0.3 is 0 Å². The van der Waals surface area contributed by atoms with E-state index in [4.69, 9.17) is 5.73 Å². The zero-order valence-electron chi connectivity index (χ0n) is 14.6. The first-order chi connectivity index (χ1) is 11.8. The predicted octanol–water partition coefficient (Wildman–Crippen LogP) is 4.14. The van der Waals surface area contributed by atoms with E-state index < -0.39 is 0 Å². The number of nitrogens with two attached hydrogens (primary N) is 1. The zero-order valence-corrected chi connectivity index (χ0v) is 14.6. The molecule has 4 heteroatoms. The van der Waals surface area contributed by atoms with Gasteiger partial charge < -0.3 is 10.6 Å².